The molecule has 5 N–H and O–H groups in total. The van der Waals surface area contributed by atoms with Gasteiger partial charge in [0.1, 0.15) is 17.6 Å². The minimum Gasteiger partial charge on any atom is -0.504 e. The Morgan fingerprint density at radius 3 is 1.94 bits per heavy atom. The molecule has 0 aromatic heterocycles. The van der Waals surface area contributed by atoms with E-state index in [0.717, 1.165) is 48.8 Å². The van der Waals surface area contributed by atoms with Crippen molar-refractivity contribution in [2.45, 2.75) is 141 Å². The average Bonchev–Trinajstić information content (AvgIpc) is 3.28. The van der Waals surface area contributed by atoms with Crippen LogP contribution in [0.3, 0.4) is 0 Å². The van der Waals surface area contributed by atoms with Crippen molar-refractivity contribution in [2.24, 2.45) is 22.7 Å². The van der Waals surface area contributed by atoms with E-state index < -0.39 is 17.6 Å². The minimum atomic E-state index is -0.985. The zero-order valence-corrected chi connectivity index (χ0v) is 29.8. The van der Waals surface area contributed by atoms with Gasteiger partial charge in [0.25, 0.3) is 0 Å². The number of ether oxygens (including phenoxy) is 2. The summed E-state index contributed by atoms with van der Waals surface area (Å²) in [6.07, 6.45) is 5.32. The first-order valence-electron chi connectivity index (χ1n) is 18.1. The Morgan fingerprint density at radius 2 is 1.31 bits per heavy atom. The molecular formula is C40H54O8. The van der Waals surface area contributed by atoms with Crippen LogP contribution in [0.25, 0.3) is 0 Å². The number of carbonyl (C=O) groups is 1. The number of benzene rings is 2. The Morgan fingerprint density at radius 1 is 0.750 bits per heavy atom. The SMILES string of the molecule is CC(C)c1cc2c(c(O)c1O)[C@@]13CCCC(C)(C)[C@@H]1C[C@@H]2OC3.CC(C)c1cc2c(c(O)c1O)[C@@]13CCCC(C)(C)[C@@H]1[C@H](OC3=O)[C@H]2O. The van der Waals surface area contributed by atoms with Crippen LogP contribution < -0.4 is 0 Å². The van der Waals surface area contributed by atoms with Crippen LogP contribution >= 0.6 is 0 Å². The molecule has 0 unspecified atom stereocenters. The zero-order valence-electron chi connectivity index (χ0n) is 29.8. The lowest BCUT2D eigenvalue weighted by Crippen LogP contribution is -2.56. The number of phenolic OH excluding ortho intramolecular Hbond substituents is 4. The fourth-order valence-corrected chi connectivity index (χ4v) is 11.4. The standard InChI is InChI=1S/C20H26O5.C20H28O3/c1-9(2)10-8-11-12(15(23)13(10)21)20-7-5-6-19(3,4)17(20)16(14(11)22)25-18(20)24;1-11(2)12-8-13-14-9-15-19(3,4)6-5-7-20(15,10-23-14)16(13)18(22)17(12)21/h8-9,14,16-17,21-23H,5-7H2,1-4H3;8,11,14-15,21-22H,5-7,9-10H2,1-4H3/t14-,16+,17-,20-;14-,15-,20+/m00/s1. The zero-order chi connectivity index (χ0) is 34.9. The van der Waals surface area contributed by atoms with Gasteiger partial charge >= 0.3 is 5.97 Å². The van der Waals surface area contributed by atoms with Gasteiger partial charge in [-0.15, -0.1) is 0 Å². The van der Waals surface area contributed by atoms with E-state index in [1.807, 2.05) is 27.7 Å². The predicted molar refractivity (Wildman–Crippen MR) is 181 cm³/mol. The highest BCUT2D eigenvalue weighted by molar-refractivity contribution is 5.90. The van der Waals surface area contributed by atoms with Gasteiger partial charge in [-0.3, -0.25) is 4.79 Å². The molecule has 8 nitrogen and oxygen atoms in total. The molecule has 8 heteroatoms. The van der Waals surface area contributed by atoms with Crippen LogP contribution in [0, 0.1) is 22.7 Å². The Bertz CT molecular complexity index is 1670. The highest BCUT2D eigenvalue weighted by Crippen LogP contribution is 2.68. The van der Waals surface area contributed by atoms with Gasteiger partial charge in [0, 0.05) is 33.6 Å². The summed E-state index contributed by atoms with van der Waals surface area (Å²) >= 11 is 0. The summed E-state index contributed by atoms with van der Waals surface area (Å²) in [5.74, 6) is -0.136. The van der Waals surface area contributed by atoms with Crippen LogP contribution in [0.15, 0.2) is 12.1 Å². The number of fused-ring (bicyclic) bond motifs is 2. The van der Waals surface area contributed by atoms with Gasteiger partial charge in [-0.05, 0) is 83.9 Å². The number of aliphatic hydroxyl groups excluding tert-OH is 1. The molecule has 262 valence electrons. The normalized spacial score (nSPS) is 34.8. The molecule has 3 aliphatic heterocycles. The smallest absolute Gasteiger partial charge is 0.317 e. The highest BCUT2D eigenvalue weighted by Gasteiger charge is 2.70. The Kier molecular flexibility index (Phi) is 7.52. The second-order valence-electron chi connectivity index (χ2n) is 17.8. The summed E-state index contributed by atoms with van der Waals surface area (Å²) < 4.78 is 11.9. The number of hydrogen-bond acceptors (Lipinski definition) is 8. The van der Waals surface area contributed by atoms with E-state index in [1.165, 1.54) is 6.42 Å². The van der Waals surface area contributed by atoms with Crippen molar-refractivity contribution in [3.63, 3.8) is 0 Å². The van der Waals surface area contributed by atoms with E-state index >= 15 is 0 Å². The molecule has 2 saturated heterocycles. The number of carbonyl (C=O) groups excluding carboxylic acids is 1. The Labute approximate surface area is 284 Å². The molecule has 1 spiro atoms. The maximum absolute atomic E-state index is 13.0. The van der Waals surface area contributed by atoms with E-state index in [0.29, 0.717) is 35.6 Å². The topological polar surface area (TPSA) is 137 Å². The number of aliphatic hydroxyl groups is 1. The van der Waals surface area contributed by atoms with Crippen molar-refractivity contribution in [1.29, 1.82) is 0 Å². The summed E-state index contributed by atoms with van der Waals surface area (Å²) in [6.45, 7) is 17.5. The van der Waals surface area contributed by atoms with Crippen LogP contribution in [-0.2, 0) is 25.1 Å². The number of phenols is 4. The maximum Gasteiger partial charge on any atom is 0.317 e. The maximum atomic E-state index is 13.0. The van der Waals surface area contributed by atoms with Gasteiger partial charge in [-0.2, -0.15) is 0 Å². The van der Waals surface area contributed by atoms with Crippen LogP contribution in [0.2, 0.25) is 0 Å². The lowest BCUT2D eigenvalue weighted by Gasteiger charge is -2.60. The van der Waals surface area contributed by atoms with Gasteiger partial charge in [-0.1, -0.05) is 68.2 Å². The highest BCUT2D eigenvalue weighted by atomic mass is 16.6. The average molecular weight is 663 g/mol. The summed E-state index contributed by atoms with van der Waals surface area (Å²) in [6, 6.07) is 3.84. The third-order valence-electron chi connectivity index (χ3n) is 13.6. The molecule has 0 radical (unpaired) electrons. The van der Waals surface area contributed by atoms with Crippen molar-refractivity contribution in [3.05, 3.63) is 45.5 Å². The molecular weight excluding hydrogens is 608 g/mol. The first kappa shape index (κ1) is 33.5. The second kappa shape index (κ2) is 10.8. The van der Waals surface area contributed by atoms with Gasteiger partial charge < -0.3 is 35.0 Å². The third kappa shape index (κ3) is 4.30. The quantitative estimate of drug-likeness (QED) is 0.161. The first-order chi connectivity index (χ1) is 22.4. The predicted octanol–water partition coefficient (Wildman–Crippen LogP) is 8.02. The fraction of sp³-hybridized carbons (Fsp3) is 0.675. The van der Waals surface area contributed by atoms with E-state index in [4.69, 9.17) is 9.47 Å². The molecule has 3 heterocycles. The Balaban J connectivity index is 0.000000152. The molecule has 0 amide bonds. The molecule has 2 aromatic rings. The summed E-state index contributed by atoms with van der Waals surface area (Å²) in [4.78, 5) is 13.0. The third-order valence-corrected chi connectivity index (χ3v) is 13.6. The van der Waals surface area contributed by atoms with Crippen molar-refractivity contribution in [2.75, 3.05) is 6.61 Å². The monoisotopic (exact) mass is 662 g/mol. The fourth-order valence-electron chi connectivity index (χ4n) is 11.4. The van der Waals surface area contributed by atoms with Crippen LogP contribution in [0.5, 0.6) is 23.0 Å². The molecule has 7 atom stereocenters. The molecule has 4 aliphatic carbocycles. The second-order valence-corrected chi connectivity index (χ2v) is 17.8. The number of hydrogen-bond donors (Lipinski definition) is 5. The summed E-state index contributed by atoms with van der Waals surface area (Å²) in [5, 5.41) is 53.9. The number of aromatic hydroxyl groups is 4. The van der Waals surface area contributed by atoms with Crippen molar-refractivity contribution in [3.8, 4) is 23.0 Å². The van der Waals surface area contributed by atoms with E-state index in [2.05, 4.69) is 33.8 Å². The molecule has 9 rings (SSSR count). The molecule has 48 heavy (non-hydrogen) atoms. The summed E-state index contributed by atoms with van der Waals surface area (Å²) in [5.41, 5.74) is 3.42. The molecule has 2 aromatic carbocycles. The Hall–Kier alpha value is -2.97. The molecule has 4 bridgehead atoms. The first-order valence-corrected chi connectivity index (χ1v) is 18.1. The van der Waals surface area contributed by atoms with Gasteiger partial charge in [-0.25, -0.2) is 0 Å². The lowest BCUT2D eigenvalue weighted by molar-refractivity contribution is -0.148. The minimum absolute atomic E-state index is 0.0179. The lowest BCUT2D eigenvalue weighted by atomic mass is 9.48. The van der Waals surface area contributed by atoms with E-state index in [1.54, 1.807) is 6.07 Å². The van der Waals surface area contributed by atoms with Crippen molar-refractivity contribution in [1.82, 2.24) is 0 Å². The molecule has 7 aliphatic rings. The van der Waals surface area contributed by atoms with Crippen LogP contribution in [-0.4, -0.2) is 44.2 Å². The summed E-state index contributed by atoms with van der Waals surface area (Å²) in [7, 11) is 0. The van der Waals surface area contributed by atoms with Crippen molar-refractivity contribution < 1.29 is 39.8 Å². The van der Waals surface area contributed by atoms with Crippen LogP contribution in [0.4, 0.5) is 0 Å². The van der Waals surface area contributed by atoms with E-state index in [9.17, 15) is 30.3 Å². The number of esters is 1. The van der Waals surface area contributed by atoms with Gasteiger partial charge in [0.2, 0.25) is 0 Å². The van der Waals surface area contributed by atoms with Crippen molar-refractivity contribution >= 4 is 5.97 Å². The number of rotatable bonds is 2. The van der Waals surface area contributed by atoms with E-state index in [-0.39, 0.29) is 69.1 Å². The van der Waals surface area contributed by atoms with Gasteiger partial charge in [0.05, 0.1) is 12.7 Å². The van der Waals surface area contributed by atoms with Crippen LogP contribution in [0.1, 0.15) is 158 Å². The largest absolute Gasteiger partial charge is 0.504 e. The van der Waals surface area contributed by atoms with Gasteiger partial charge in [0.15, 0.2) is 23.0 Å². The molecule has 2 saturated carbocycles. The molecule has 4 fully saturated rings.